The predicted octanol–water partition coefficient (Wildman–Crippen LogP) is 4.48. The van der Waals surface area contributed by atoms with Crippen LogP contribution in [0.3, 0.4) is 0 Å². The molecule has 5 heteroatoms. The third-order valence-corrected chi connectivity index (χ3v) is 5.35. The Kier molecular flexibility index (Phi) is 3.66. The van der Waals surface area contributed by atoms with Crippen molar-refractivity contribution in [2.24, 2.45) is 4.99 Å². The van der Waals surface area contributed by atoms with Gasteiger partial charge in [-0.3, -0.25) is 9.79 Å². The van der Waals surface area contributed by atoms with Gasteiger partial charge in [-0.2, -0.15) is 0 Å². The number of para-hydroxylation sites is 1. The van der Waals surface area contributed by atoms with Crippen LogP contribution in [0.5, 0.6) is 5.88 Å². The maximum Gasteiger partial charge on any atom is 0.315 e. The first-order chi connectivity index (χ1) is 12.1. The summed E-state index contributed by atoms with van der Waals surface area (Å²) in [6.45, 7) is 3.94. The molecule has 0 saturated carbocycles. The quantitative estimate of drug-likeness (QED) is 0.742. The number of nitrogens with zero attached hydrogens (tertiary/aromatic N) is 2. The lowest BCUT2D eigenvalue weighted by atomic mass is 10.1. The molecule has 0 fully saturated rings. The molecule has 0 radical (unpaired) electrons. The summed E-state index contributed by atoms with van der Waals surface area (Å²) < 4.78 is 1.37. The zero-order valence-corrected chi connectivity index (χ0v) is 14.7. The number of aromatic nitrogens is 1. The summed E-state index contributed by atoms with van der Waals surface area (Å²) >= 11 is 1.03. The average Bonchev–Trinajstić information content (AvgIpc) is 3.13. The zero-order valence-electron chi connectivity index (χ0n) is 13.9. The minimum Gasteiger partial charge on any atom is -0.493 e. The van der Waals surface area contributed by atoms with E-state index in [2.05, 4.69) is 4.99 Å². The lowest BCUT2D eigenvalue weighted by Gasteiger charge is -2.09. The molecule has 0 saturated heterocycles. The first kappa shape index (κ1) is 15.6. The van der Waals surface area contributed by atoms with E-state index >= 15 is 0 Å². The second kappa shape index (κ2) is 5.86. The molecule has 2 heterocycles. The first-order valence-electron chi connectivity index (χ1n) is 7.93. The van der Waals surface area contributed by atoms with E-state index in [1.807, 2.05) is 62.4 Å². The number of aryl methyl sites for hydroxylation is 1. The maximum atomic E-state index is 12.5. The predicted molar refractivity (Wildman–Crippen MR) is 104 cm³/mol. The van der Waals surface area contributed by atoms with Gasteiger partial charge in [-0.25, -0.2) is 4.57 Å². The number of rotatable bonds is 2. The summed E-state index contributed by atoms with van der Waals surface area (Å²) in [5.74, 6) is -0.0334. The molecule has 1 N–H and O–H groups in total. The Bertz CT molecular complexity index is 1100. The van der Waals surface area contributed by atoms with Gasteiger partial charge in [0.1, 0.15) is 0 Å². The number of fused-ring (bicyclic) bond motifs is 1. The van der Waals surface area contributed by atoms with Crippen LogP contribution in [0.2, 0.25) is 0 Å². The highest BCUT2D eigenvalue weighted by atomic mass is 32.1. The second-order valence-electron chi connectivity index (χ2n) is 5.99. The SMILES string of the molecule is Cc1cccc(-n2c(O)c(/C=C3\C=Nc4ccccc43)sc2=O)c1C. The van der Waals surface area contributed by atoms with Crippen molar-refractivity contribution in [1.29, 1.82) is 0 Å². The van der Waals surface area contributed by atoms with Crippen LogP contribution in [0, 0.1) is 13.8 Å². The molecule has 0 atom stereocenters. The highest BCUT2D eigenvalue weighted by Gasteiger charge is 2.18. The minimum absolute atomic E-state index is 0.0334. The Labute approximate surface area is 149 Å². The fourth-order valence-electron chi connectivity index (χ4n) is 2.96. The molecule has 124 valence electrons. The van der Waals surface area contributed by atoms with E-state index in [0.29, 0.717) is 10.6 Å². The van der Waals surface area contributed by atoms with Gasteiger partial charge in [0.05, 0.1) is 16.3 Å². The molecular formula is C20H16N2O2S. The van der Waals surface area contributed by atoms with Crippen molar-refractivity contribution < 1.29 is 5.11 Å². The van der Waals surface area contributed by atoms with Gasteiger partial charge in [-0.1, -0.05) is 41.7 Å². The van der Waals surface area contributed by atoms with Crippen LogP contribution in [0.25, 0.3) is 17.3 Å². The Morgan fingerprint density at radius 2 is 1.92 bits per heavy atom. The normalized spacial score (nSPS) is 14.2. The van der Waals surface area contributed by atoms with Crippen LogP contribution in [-0.4, -0.2) is 15.9 Å². The zero-order chi connectivity index (χ0) is 17.6. The number of allylic oxidation sites excluding steroid dienone is 1. The van der Waals surface area contributed by atoms with Crippen LogP contribution in [0.15, 0.2) is 52.3 Å². The number of aliphatic imine (C=N–C) groups is 1. The number of benzene rings is 2. The third kappa shape index (κ3) is 2.53. The van der Waals surface area contributed by atoms with Crippen molar-refractivity contribution >= 4 is 34.9 Å². The Balaban J connectivity index is 1.85. The Morgan fingerprint density at radius 3 is 2.76 bits per heavy atom. The standard InChI is InChI=1S/C20H16N2O2S/c1-12-6-5-9-17(13(12)2)22-19(23)18(25-20(22)24)10-14-11-21-16-8-4-3-7-15(14)16/h3-11,23H,1-2H3/b14-10+. The van der Waals surface area contributed by atoms with E-state index in [1.54, 1.807) is 6.21 Å². The van der Waals surface area contributed by atoms with Gasteiger partial charge in [0.25, 0.3) is 0 Å². The van der Waals surface area contributed by atoms with Gasteiger partial charge >= 0.3 is 4.87 Å². The highest BCUT2D eigenvalue weighted by molar-refractivity contribution is 7.10. The number of hydrogen-bond acceptors (Lipinski definition) is 4. The van der Waals surface area contributed by atoms with Gasteiger partial charge in [-0.05, 0) is 43.2 Å². The summed E-state index contributed by atoms with van der Waals surface area (Å²) in [6, 6.07) is 13.5. The molecule has 0 amide bonds. The monoisotopic (exact) mass is 348 g/mol. The molecule has 25 heavy (non-hydrogen) atoms. The minimum atomic E-state index is -0.207. The molecule has 2 aromatic carbocycles. The number of hydrogen-bond donors (Lipinski definition) is 1. The third-order valence-electron chi connectivity index (χ3n) is 4.47. The molecule has 1 aliphatic rings. The van der Waals surface area contributed by atoms with Crippen LogP contribution in [0.1, 0.15) is 21.6 Å². The summed E-state index contributed by atoms with van der Waals surface area (Å²) in [4.78, 5) is 17.2. The Morgan fingerprint density at radius 1 is 1.12 bits per heavy atom. The number of aromatic hydroxyl groups is 1. The first-order valence-corrected chi connectivity index (χ1v) is 8.74. The number of thiazole rings is 1. The largest absolute Gasteiger partial charge is 0.493 e. The average molecular weight is 348 g/mol. The second-order valence-corrected chi connectivity index (χ2v) is 6.98. The van der Waals surface area contributed by atoms with Crippen LogP contribution in [-0.2, 0) is 0 Å². The van der Waals surface area contributed by atoms with Gasteiger partial charge in [0, 0.05) is 17.4 Å². The van der Waals surface area contributed by atoms with Gasteiger partial charge in [0.15, 0.2) is 0 Å². The lowest BCUT2D eigenvalue weighted by Crippen LogP contribution is -2.11. The molecule has 0 aliphatic carbocycles. The molecule has 3 aromatic rings. The molecule has 4 nitrogen and oxygen atoms in total. The van der Waals surface area contributed by atoms with Gasteiger partial charge in [-0.15, -0.1) is 0 Å². The summed E-state index contributed by atoms with van der Waals surface area (Å²) in [5, 5.41) is 10.7. The topological polar surface area (TPSA) is 54.6 Å². The van der Waals surface area contributed by atoms with Crippen molar-refractivity contribution in [3.63, 3.8) is 0 Å². The van der Waals surface area contributed by atoms with Crippen LogP contribution < -0.4 is 4.87 Å². The van der Waals surface area contributed by atoms with E-state index < -0.39 is 0 Å². The van der Waals surface area contributed by atoms with E-state index in [1.165, 1.54) is 4.57 Å². The molecule has 4 rings (SSSR count). The highest BCUT2D eigenvalue weighted by Crippen LogP contribution is 2.35. The van der Waals surface area contributed by atoms with Crippen molar-refractivity contribution in [2.45, 2.75) is 13.8 Å². The van der Waals surface area contributed by atoms with E-state index in [0.717, 1.165) is 39.3 Å². The molecule has 0 unspecified atom stereocenters. The summed E-state index contributed by atoms with van der Waals surface area (Å²) in [7, 11) is 0. The van der Waals surface area contributed by atoms with Crippen LogP contribution in [0.4, 0.5) is 5.69 Å². The van der Waals surface area contributed by atoms with E-state index in [4.69, 9.17) is 0 Å². The van der Waals surface area contributed by atoms with Crippen LogP contribution >= 0.6 is 11.3 Å². The van der Waals surface area contributed by atoms with E-state index in [9.17, 15) is 9.90 Å². The molecule has 0 bridgehead atoms. The van der Waals surface area contributed by atoms with Crippen molar-refractivity contribution in [2.75, 3.05) is 0 Å². The molecule has 1 aliphatic heterocycles. The van der Waals surface area contributed by atoms with Crippen molar-refractivity contribution in [1.82, 2.24) is 4.57 Å². The summed E-state index contributed by atoms with van der Waals surface area (Å²) in [6.07, 6.45) is 3.58. The smallest absolute Gasteiger partial charge is 0.315 e. The van der Waals surface area contributed by atoms with Crippen molar-refractivity contribution in [3.05, 3.63) is 73.7 Å². The molecule has 1 aromatic heterocycles. The maximum absolute atomic E-state index is 12.5. The van der Waals surface area contributed by atoms with E-state index in [-0.39, 0.29) is 10.8 Å². The summed E-state index contributed by atoms with van der Waals surface area (Å²) in [5.41, 5.74) is 5.55. The lowest BCUT2D eigenvalue weighted by molar-refractivity contribution is 0.439. The van der Waals surface area contributed by atoms with Gasteiger partial charge < -0.3 is 5.11 Å². The fraction of sp³-hybridized carbons (Fsp3) is 0.100. The molecular weight excluding hydrogens is 332 g/mol. The Hall–Kier alpha value is -2.92. The fourth-order valence-corrected chi connectivity index (χ4v) is 3.79. The van der Waals surface area contributed by atoms with Crippen molar-refractivity contribution in [3.8, 4) is 11.6 Å². The molecule has 0 spiro atoms. The van der Waals surface area contributed by atoms with Gasteiger partial charge in [0.2, 0.25) is 5.88 Å².